The number of aliphatic hydroxyl groups is 1. The largest absolute Gasteiger partial charge is 0.490 e. The number of carboxylic acids is 1. The first-order chi connectivity index (χ1) is 8.58. The Labute approximate surface area is 112 Å². The standard InChI is InChI=1S/C12H13BrO5/c13-8-4-7(9(14)6-11(15)16)5-10-12(8)18-3-1-2-17-10/h4-5,9,14H,1-3,6H2,(H,15,16). The summed E-state index contributed by atoms with van der Waals surface area (Å²) in [7, 11) is 0. The normalized spacial score (nSPS) is 15.9. The van der Waals surface area contributed by atoms with Gasteiger partial charge in [0.15, 0.2) is 11.5 Å². The van der Waals surface area contributed by atoms with Gasteiger partial charge in [0.1, 0.15) is 0 Å². The number of fused-ring (bicyclic) bond motifs is 1. The molecule has 0 fully saturated rings. The highest BCUT2D eigenvalue weighted by Crippen LogP contribution is 2.39. The predicted octanol–water partition coefficient (Wildman–Crippen LogP) is 2.12. The molecule has 0 saturated carbocycles. The fourth-order valence-corrected chi connectivity index (χ4v) is 2.30. The van der Waals surface area contributed by atoms with Crippen LogP contribution in [0.4, 0.5) is 0 Å². The monoisotopic (exact) mass is 316 g/mol. The van der Waals surface area contributed by atoms with Crippen molar-refractivity contribution in [1.82, 2.24) is 0 Å². The van der Waals surface area contributed by atoms with Crippen LogP contribution < -0.4 is 9.47 Å². The third-order valence-corrected chi connectivity index (χ3v) is 3.17. The quantitative estimate of drug-likeness (QED) is 0.893. The minimum absolute atomic E-state index is 0.341. The number of ether oxygens (including phenoxy) is 2. The average Bonchev–Trinajstić information content (AvgIpc) is 2.53. The van der Waals surface area contributed by atoms with Crippen molar-refractivity contribution in [2.75, 3.05) is 13.2 Å². The van der Waals surface area contributed by atoms with Gasteiger partial charge in [0.05, 0.1) is 30.2 Å². The molecule has 1 aromatic carbocycles. The second-order valence-corrected chi connectivity index (χ2v) is 4.85. The summed E-state index contributed by atoms with van der Waals surface area (Å²) in [5, 5.41) is 18.5. The van der Waals surface area contributed by atoms with E-state index in [0.717, 1.165) is 6.42 Å². The maximum absolute atomic E-state index is 10.6. The Bertz CT molecular complexity index is 460. The van der Waals surface area contributed by atoms with E-state index in [9.17, 15) is 9.90 Å². The number of carboxylic acid groups (broad SMARTS) is 1. The Balaban J connectivity index is 2.31. The molecule has 0 amide bonds. The second-order valence-electron chi connectivity index (χ2n) is 3.99. The van der Waals surface area contributed by atoms with E-state index in [2.05, 4.69) is 15.9 Å². The first-order valence-electron chi connectivity index (χ1n) is 5.57. The molecule has 0 saturated heterocycles. The highest BCUT2D eigenvalue weighted by atomic mass is 79.9. The SMILES string of the molecule is O=C(O)CC(O)c1cc(Br)c2c(c1)OCCCO2. The molecule has 1 aromatic rings. The molecule has 1 heterocycles. The lowest BCUT2D eigenvalue weighted by atomic mass is 10.1. The van der Waals surface area contributed by atoms with Gasteiger partial charge >= 0.3 is 5.97 Å². The Kier molecular flexibility index (Phi) is 4.08. The molecule has 5 nitrogen and oxygen atoms in total. The maximum Gasteiger partial charge on any atom is 0.306 e. The molecule has 6 heteroatoms. The predicted molar refractivity (Wildman–Crippen MR) is 67.0 cm³/mol. The summed E-state index contributed by atoms with van der Waals surface area (Å²) in [5.74, 6) is 0.0748. The van der Waals surface area contributed by atoms with Crippen molar-refractivity contribution in [3.8, 4) is 11.5 Å². The van der Waals surface area contributed by atoms with E-state index in [1.165, 1.54) is 0 Å². The third kappa shape index (κ3) is 2.94. The van der Waals surface area contributed by atoms with Crippen molar-refractivity contribution in [3.63, 3.8) is 0 Å². The van der Waals surface area contributed by atoms with Gasteiger partial charge < -0.3 is 19.7 Å². The minimum Gasteiger partial charge on any atom is -0.490 e. The summed E-state index contributed by atoms with van der Waals surface area (Å²) in [6.07, 6.45) is -0.615. The maximum atomic E-state index is 10.6. The van der Waals surface area contributed by atoms with Crippen LogP contribution in [0.3, 0.4) is 0 Å². The number of hydrogen-bond acceptors (Lipinski definition) is 4. The number of aliphatic hydroxyl groups excluding tert-OH is 1. The van der Waals surface area contributed by atoms with Crippen molar-refractivity contribution in [2.24, 2.45) is 0 Å². The van der Waals surface area contributed by atoms with Crippen LogP contribution in [-0.2, 0) is 4.79 Å². The molecular weight excluding hydrogens is 304 g/mol. The van der Waals surface area contributed by atoms with Gasteiger partial charge in [-0.25, -0.2) is 0 Å². The van der Waals surface area contributed by atoms with Gasteiger partial charge in [-0.1, -0.05) is 0 Å². The van der Waals surface area contributed by atoms with Gasteiger partial charge in [-0.2, -0.15) is 0 Å². The molecule has 0 aromatic heterocycles. The Morgan fingerprint density at radius 2 is 2.11 bits per heavy atom. The molecule has 0 bridgehead atoms. The van der Waals surface area contributed by atoms with Crippen molar-refractivity contribution >= 4 is 21.9 Å². The molecule has 1 aliphatic heterocycles. The molecule has 1 unspecified atom stereocenters. The van der Waals surface area contributed by atoms with Crippen LogP contribution in [0.5, 0.6) is 11.5 Å². The minimum atomic E-state index is -1.06. The zero-order valence-electron chi connectivity index (χ0n) is 9.56. The van der Waals surface area contributed by atoms with Gasteiger partial charge in [-0.15, -0.1) is 0 Å². The van der Waals surface area contributed by atoms with Crippen LogP contribution in [-0.4, -0.2) is 29.4 Å². The average molecular weight is 317 g/mol. The van der Waals surface area contributed by atoms with Crippen LogP contribution >= 0.6 is 15.9 Å². The smallest absolute Gasteiger partial charge is 0.306 e. The van der Waals surface area contributed by atoms with Crippen LogP contribution in [0.2, 0.25) is 0 Å². The Morgan fingerprint density at radius 1 is 1.39 bits per heavy atom. The summed E-state index contributed by atoms with van der Waals surface area (Å²) < 4.78 is 11.7. The summed E-state index contributed by atoms with van der Waals surface area (Å²) >= 11 is 3.34. The first-order valence-corrected chi connectivity index (χ1v) is 6.36. The zero-order valence-corrected chi connectivity index (χ0v) is 11.1. The lowest BCUT2D eigenvalue weighted by molar-refractivity contribution is -0.139. The van der Waals surface area contributed by atoms with Gasteiger partial charge in [0.25, 0.3) is 0 Å². The highest BCUT2D eigenvalue weighted by molar-refractivity contribution is 9.10. The fraction of sp³-hybridized carbons (Fsp3) is 0.417. The molecule has 18 heavy (non-hydrogen) atoms. The Hall–Kier alpha value is -1.27. The third-order valence-electron chi connectivity index (χ3n) is 2.58. The van der Waals surface area contributed by atoms with E-state index >= 15 is 0 Å². The second kappa shape index (κ2) is 5.58. The van der Waals surface area contributed by atoms with Gasteiger partial charge in [0.2, 0.25) is 0 Å². The van der Waals surface area contributed by atoms with Crippen molar-refractivity contribution in [3.05, 3.63) is 22.2 Å². The topological polar surface area (TPSA) is 76.0 Å². The number of rotatable bonds is 3. The van der Waals surface area contributed by atoms with Crippen LogP contribution in [0.1, 0.15) is 24.5 Å². The van der Waals surface area contributed by atoms with Gasteiger partial charge in [-0.3, -0.25) is 4.79 Å². The molecule has 1 atom stereocenters. The number of halogens is 1. The summed E-state index contributed by atoms with van der Waals surface area (Å²) in [6, 6.07) is 3.28. The van der Waals surface area contributed by atoms with Crippen LogP contribution in [0, 0.1) is 0 Å². The van der Waals surface area contributed by atoms with Crippen LogP contribution in [0.25, 0.3) is 0 Å². The van der Waals surface area contributed by atoms with E-state index < -0.39 is 12.1 Å². The lowest BCUT2D eigenvalue weighted by Crippen LogP contribution is -2.06. The van der Waals surface area contributed by atoms with E-state index in [1.807, 2.05) is 0 Å². The molecule has 0 radical (unpaired) electrons. The van der Waals surface area contributed by atoms with Gasteiger partial charge in [-0.05, 0) is 33.6 Å². The zero-order chi connectivity index (χ0) is 13.1. The summed E-state index contributed by atoms with van der Waals surface area (Å²) in [4.78, 5) is 10.6. The molecule has 98 valence electrons. The number of benzene rings is 1. The Morgan fingerprint density at radius 3 is 2.83 bits per heavy atom. The molecule has 0 spiro atoms. The van der Waals surface area contributed by atoms with Crippen molar-refractivity contribution in [2.45, 2.75) is 18.9 Å². The summed E-state index contributed by atoms with van der Waals surface area (Å²) in [6.45, 7) is 1.11. The van der Waals surface area contributed by atoms with E-state index in [-0.39, 0.29) is 6.42 Å². The van der Waals surface area contributed by atoms with E-state index in [1.54, 1.807) is 12.1 Å². The van der Waals surface area contributed by atoms with E-state index in [0.29, 0.717) is 34.7 Å². The molecular formula is C12H13BrO5. The van der Waals surface area contributed by atoms with Crippen LogP contribution in [0.15, 0.2) is 16.6 Å². The molecule has 2 N–H and O–H groups in total. The number of carbonyl (C=O) groups is 1. The van der Waals surface area contributed by atoms with E-state index in [4.69, 9.17) is 14.6 Å². The first kappa shape index (κ1) is 13.2. The van der Waals surface area contributed by atoms with Crippen molar-refractivity contribution in [1.29, 1.82) is 0 Å². The fourth-order valence-electron chi connectivity index (χ4n) is 1.73. The highest BCUT2D eigenvalue weighted by Gasteiger charge is 2.19. The molecule has 2 rings (SSSR count). The number of hydrogen-bond donors (Lipinski definition) is 2. The molecule has 0 aliphatic carbocycles. The number of aliphatic carboxylic acids is 1. The van der Waals surface area contributed by atoms with Crippen molar-refractivity contribution < 1.29 is 24.5 Å². The van der Waals surface area contributed by atoms with Gasteiger partial charge in [0, 0.05) is 6.42 Å². The molecule has 1 aliphatic rings. The summed E-state index contributed by atoms with van der Waals surface area (Å²) in [5.41, 5.74) is 0.494. The lowest BCUT2D eigenvalue weighted by Gasteiger charge is -2.14.